The number of aromatic nitrogens is 3. The zero-order valence-electron chi connectivity index (χ0n) is 16.5. The van der Waals surface area contributed by atoms with Gasteiger partial charge < -0.3 is 14.5 Å². The Kier molecular flexibility index (Phi) is 5.32. The second-order valence-corrected chi connectivity index (χ2v) is 8.12. The second kappa shape index (κ2) is 7.89. The van der Waals surface area contributed by atoms with E-state index in [1.165, 1.54) is 5.56 Å². The number of thiazole rings is 1. The van der Waals surface area contributed by atoms with Crippen molar-refractivity contribution in [3.63, 3.8) is 0 Å². The fourth-order valence-electron chi connectivity index (χ4n) is 3.57. The molecular weight excluding hydrogens is 374 g/mol. The largest absolute Gasteiger partial charge is 0.375 e. The first-order valence-electron chi connectivity index (χ1n) is 9.51. The summed E-state index contributed by atoms with van der Waals surface area (Å²) in [6.45, 7) is 7.39. The van der Waals surface area contributed by atoms with E-state index in [1.54, 1.807) is 18.4 Å². The fraction of sp³-hybridized carbons (Fsp3) is 0.450. The predicted molar refractivity (Wildman–Crippen MR) is 112 cm³/mol. The van der Waals surface area contributed by atoms with Crippen LogP contribution in [0.4, 0.5) is 5.13 Å². The Bertz CT molecular complexity index is 996. The number of aryl methyl sites for hydroxylation is 2. The number of methoxy groups -OCH3 is 1. The SMILES string of the molecule is COCC(=O)N1CCCN(c2nc3c(s2)c(C)nn3-c2cccc(C)c2)CC1. The molecule has 1 saturated heterocycles. The van der Waals surface area contributed by atoms with Crippen LogP contribution in [0.3, 0.4) is 0 Å². The van der Waals surface area contributed by atoms with Crippen molar-refractivity contribution in [2.75, 3.05) is 44.8 Å². The van der Waals surface area contributed by atoms with Crippen LogP contribution in [0.25, 0.3) is 16.0 Å². The maximum atomic E-state index is 12.1. The molecule has 1 aliphatic heterocycles. The molecule has 7 nitrogen and oxygen atoms in total. The number of benzene rings is 1. The first kappa shape index (κ1) is 18.9. The summed E-state index contributed by atoms with van der Waals surface area (Å²) in [6, 6.07) is 8.30. The van der Waals surface area contributed by atoms with Crippen molar-refractivity contribution in [2.45, 2.75) is 20.3 Å². The average Bonchev–Trinajstić information content (AvgIpc) is 3.13. The van der Waals surface area contributed by atoms with Crippen molar-refractivity contribution in [3.05, 3.63) is 35.5 Å². The van der Waals surface area contributed by atoms with Gasteiger partial charge in [0.25, 0.3) is 0 Å². The lowest BCUT2D eigenvalue weighted by molar-refractivity contribution is -0.134. The topological polar surface area (TPSA) is 63.5 Å². The maximum absolute atomic E-state index is 12.1. The molecule has 1 aromatic carbocycles. The van der Waals surface area contributed by atoms with E-state index in [1.807, 2.05) is 22.6 Å². The molecule has 28 heavy (non-hydrogen) atoms. The Balaban J connectivity index is 1.60. The molecule has 0 unspecified atom stereocenters. The minimum absolute atomic E-state index is 0.0552. The smallest absolute Gasteiger partial charge is 0.248 e. The van der Waals surface area contributed by atoms with E-state index in [-0.39, 0.29) is 12.5 Å². The maximum Gasteiger partial charge on any atom is 0.248 e. The molecule has 0 bridgehead atoms. The van der Waals surface area contributed by atoms with Crippen LogP contribution in [0.5, 0.6) is 0 Å². The first-order valence-corrected chi connectivity index (χ1v) is 10.3. The molecule has 8 heteroatoms. The highest BCUT2D eigenvalue weighted by atomic mass is 32.1. The van der Waals surface area contributed by atoms with Crippen LogP contribution >= 0.6 is 11.3 Å². The van der Waals surface area contributed by atoms with Gasteiger partial charge >= 0.3 is 0 Å². The molecule has 4 rings (SSSR count). The van der Waals surface area contributed by atoms with Crippen LogP contribution in [0, 0.1) is 13.8 Å². The van der Waals surface area contributed by atoms with E-state index in [0.717, 1.165) is 52.9 Å². The van der Waals surface area contributed by atoms with E-state index in [9.17, 15) is 4.79 Å². The summed E-state index contributed by atoms with van der Waals surface area (Å²) in [5.41, 5.74) is 4.12. The molecule has 0 spiro atoms. The van der Waals surface area contributed by atoms with E-state index in [4.69, 9.17) is 14.8 Å². The number of amides is 1. The Morgan fingerprint density at radius 1 is 1.21 bits per heavy atom. The van der Waals surface area contributed by atoms with Crippen LogP contribution in [0.2, 0.25) is 0 Å². The zero-order chi connectivity index (χ0) is 19.7. The molecule has 0 N–H and O–H groups in total. The van der Waals surface area contributed by atoms with Gasteiger partial charge in [0.2, 0.25) is 5.91 Å². The third-order valence-corrected chi connectivity index (χ3v) is 6.22. The van der Waals surface area contributed by atoms with Crippen LogP contribution in [0.15, 0.2) is 24.3 Å². The Morgan fingerprint density at radius 3 is 2.86 bits per heavy atom. The molecule has 3 aromatic rings. The van der Waals surface area contributed by atoms with E-state index in [2.05, 4.69) is 30.0 Å². The van der Waals surface area contributed by atoms with Crippen molar-refractivity contribution >= 4 is 32.7 Å². The van der Waals surface area contributed by atoms with Crippen molar-refractivity contribution in [2.24, 2.45) is 0 Å². The normalized spacial score (nSPS) is 15.2. The highest BCUT2D eigenvalue weighted by Crippen LogP contribution is 2.33. The molecule has 3 heterocycles. The Labute approximate surface area is 168 Å². The number of carbonyl (C=O) groups is 1. The van der Waals surface area contributed by atoms with Crippen LogP contribution < -0.4 is 4.90 Å². The molecule has 1 fully saturated rings. The van der Waals surface area contributed by atoms with Gasteiger partial charge in [0, 0.05) is 33.3 Å². The van der Waals surface area contributed by atoms with E-state index >= 15 is 0 Å². The summed E-state index contributed by atoms with van der Waals surface area (Å²) >= 11 is 1.68. The molecule has 148 valence electrons. The average molecular weight is 400 g/mol. The van der Waals surface area contributed by atoms with Gasteiger partial charge in [0.05, 0.1) is 16.1 Å². The number of fused-ring (bicyclic) bond motifs is 1. The lowest BCUT2D eigenvalue weighted by Gasteiger charge is -2.21. The van der Waals surface area contributed by atoms with Crippen molar-refractivity contribution in [3.8, 4) is 5.69 Å². The molecule has 0 saturated carbocycles. The van der Waals surface area contributed by atoms with Crippen molar-refractivity contribution in [1.29, 1.82) is 0 Å². The van der Waals surface area contributed by atoms with Crippen LogP contribution in [-0.2, 0) is 9.53 Å². The van der Waals surface area contributed by atoms with Crippen LogP contribution in [-0.4, -0.2) is 65.5 Å². The van der Waals surface area contributed by atoms with Crippen molar-refractivity contribution in [1.82, 2.24) is 19.7 Å². The molecule has 2 aromatic heterocycles. The minimum atomic E-state index is 0.0552. The lowest BCUT2D eigenvalue weighted by atomic mass is 10.2. The number of hydrogen-bond acceptors (Lipinski definition) is 6. The van der Waals surface area contributed by atoms with Crippen LogP contribution in [0.1, 0.15) is 17.7 Å². The standard InChI is InChI=1S/C20H25N5O2S/c1-14-6-4-7-16(12-14)25-19-18(15(2)22-25)28-20(21-19)24-9-5-8-23(10-11-24)17(26)13-27-3/h4,6-7,12H,5,8-11,13H2,1-3H3. The number of ether oxygens (including phenoxy) is 1. The van der Waals surface area contributed by atoms with Gasteiger partial charge in [-0.15, -0.1) is 0 Å². The molecular formula is C20H25N5O2S. The monoisotopic (exact) mass is 399 g/mol. The summed E-state index contributed by atoms with van der Waals surface area (Å²) in [5, 5.41) is 5.70. The Hall–Kier alpha value is -2.45. The fourth-order valence-corrected chi connectivity index (χ4v) is 4.61. The number of anilines is 1. The third-order valence-electron chi connectivity index (χ3n) is 5.01. The first-order chi connectivity index (χ1) is 13.6. The third kappa shape index (κ3) is 3.62. The number of carbonyl (C=O) groups excluding carboxylic acids is 1. The summed E-state index contributed by atoms with van der Waals surface area (Å²) in [4.78, 5) is 21.2. The number of nitrogens with zero attached hydrogens (tertiary/aromatic N) is 5. The molecule has 0 aliphatic carbocycles. The summed E-state index contributed by atoms with van der Waals surface area (Å²) < 4.78 is 8.04. The van der Waals surface area contributed by atoms with Gasteiger partial charge in [-0.1, -0.05) is 23.5 Å². The predicted octanol–water partition coefficient (Wildman–Crippen LogP) is 2.78. The molecule has 1 aliphatic rings. The van der Waals surface area contributed by atoms with Gasteiger partial charge in [0.15, 0.2) is 10.8 Å². The van der Waals surface area contributed by atoms with E-state index in [0.29, 0.717) is 6.54 Å². The van der Waals surface area contributed by atoms with E-state index < -0.39 is 0 Å². The minimum Gasteiger partial charge on any atom is -0.375 e. The van der Waals surface area contributed by atoms with Gasteiger partial charge in [-0.05, 0) is 38.0 Å². The van der Waals surface area contributed by atoms with Gasteiger partial charge in [-0.25, -0.2) is 4.68 Å². The summed E-state index contributed by atoms with van der Waals surface area (Å²) in [7, 11) is 1.56. The summed E-state index contributed by atoms with van der Waals surface area (Å²) in [6.07, 6.45) is 0.925. The Morgan fingerprint density at radius 2 is 2.07 bits per heavy atom. The molecule has 1 amide bonds. The summed E-state index contributed by atoms with van der Waals surface area (Å²) in [5.74, 6) is 0.0552. The highest BCUT2D eigenvalue weighted by Gasteiger charge is 2.23. The lowest BCUT2D eigenvalue weighted by Crippen LogP contribution is -2.37. The quantitative estimate of drug-likeness (QED) is 0.675. The van der Waals surface area contributed by atoms with Crippen molar-refractivity contribution < 1.29 is 9.53 Å². The zero-order valence-corrected chi connectivity index (χ0v) is 17.3. The van der Waals surface area contributed by atoms with Gasteiger partial charge in [-0.2, -0.15) is 10.1 Å². The molecule has 0 atom stereocenters. The second-order valence-electron chi connectivity index (χ2n) is 7.14. The molecule has 0 radical (unpaired) electrons. The number of hydrogen-bond donors (Lipinski definition) is 0. The highest BCUT2D eigenvalue weighted by molar-refractivity contribution is 7.22. The number of rotatable bonds is 4. The van der Waals surface area contributed by atoms with Gasteiger partial charge in [0.1, 0.15) is 6.61 Å². The van der Waals surface area contributed by atoms with Gasteiger partial charge in [-0.3, -0.25) is 4.79 Å².